The van der Waals surface area contributed by atoms with Crippen LogP contribution in [0.2, 0.25) is 0 Å². The van der Waals surface area contributed by atoms with Crippen molar-refractivity contribution in [2.45, 2.75) is 27.7 Å². The van der Waals surface area contributed by atoms with Gasteiger partial charge < -0.3 is 5.32 Å². The monoisotopic (exact) mass is 159 g/mol. The first-order valence-electron chi connectivity index (χ1n) is 4.27. The molecule has 0 aliphatic carbocycles. The second-order valence-corrected chi connectivity index (χ2v) is 3.65. The van der Waals surface area contributed by atoms with Gasteiger partial charge in [0.2, 0.25) is 0 Å². The third-order valence-corrected chi connectivity index (χ3v) is 1.50. The van der Waals surface area contributed by atoms with Gasteiger partial charge in [0.15, 0.2) is 0 Å². The van der Waals surface area contributed by atoms with E-state index in [1.807, 2.05) is 13.8 Å². The number of carbonyl (C=O) groups is 1. The van der Waals surface area contributed by atoms with Crippen molar-refractivity contribution in [2.24, 2.45) is 11.8 Å². The van der Waals surface area contributed by atoms with Gasteiger partial charge in [-0.05, 0) is 12.5 Å². The molecule has 1 N–H and O–H groups in total. The second-order valence-electron chi connectivity index (χ2n) is 3.65. The largest absolute Gasteiger partial charge is 0.310 e. The highest BCUT2D eigenvalue weighted by atomic mass is 16.1. The van der Waals surface area contributed by atoms with Crippen molar-refractivity contribution in [3.05, 3.63) is 0 Å². The molecule has 2 heteroatoms. The minimum absolute atomic E-state index is 0. The fraction of sp³-hybridized carbons (Fsp3) is 0.889. The van der Waals surface area contributed by atoms with Crippen molar-refractivity contribution in [3.8, 4) is 0 Å². The lowest BCUT2D eigenvalue weighted by Gasteiger charge is -2.07. The molecule has 0 amide bonds. The minimum Gasteiger partial charge on any atom is -0.310 e. The lowest BCUT2D eigenvalue weighted by Crippen LogP contribution is -2.28. The zero-order valence-corrected chi connectivity index (χ0v) is 7.98. The molecule has 0 fully saturated rings. The molecule has 0 bridgehead atoms. The van der Waals surface area contributed by atoms with Crippen LogP contribution in [-0.4, -0.2) is 18.9 Å². The number of ketones is 1. The van der Waals surface area contributed by atoms with E-state index in [4.69, 9.17) is 0 Å². The van der Waals surface area contributed by atoms with E-state index in [1.165, 1.54) is 0 Å². The highest BCUT2D eigenvalue weighted by Crippen LogP contribution is 1.93. The van der Waals surface area contributed by atoms with Gasteiger partial charge in [-0.25, -0.2) is 0 Å². The normalized spacial score (nSPS) is 11.1. The number of nitrogens with one attached hydrogen (secondary N) is 1. The van der Waals surface area contributed by atoms with E-state index in [0.29, 0.717) is 18.2 Å². The van der Waals surface area contributed by atoms with Crippen LogP contribution in [0.3, 0.4) is 0 Å². The highest BCUT2D eigenvalue weighted by molar-refractivity contribution is 5.82. The third-order valence-electron chi connectivity index (χ3n) is 1.50. The summed E-state index contributed by atoms with van der Waals surface area (Å²) in [7, 11) is 0. The molecule has 68 valence electrons. The molecule has 0 unspecified atom stereocenters. The summed E-state index contributed by atoms with van der Waals surface area (Å²) < 4.78 is 0. The van der Waals surface area contributed by atoms with Crippen LogP contribution in [0.1, 0.15) is 29.1 Å². The molecular formula is C9H21NO. The summed E-state index contributed by atoms with van der Waals surface area (Å²) in [4.78, 5) is 11.1. The van der Waals surface area contributed by atoms with Crippen molar-refractivity contribution in [1.82, 2.24) is 5.32 Å². The van der Waals surface area contributed by atoms with E-state index in [1.54, 1.807) is 0 Å². The first kappa shape index (κ1) is 10.6. The molecule has 0 aliphatic heterocycles. The van der Waals surface area contributed by atoms with E-state index in [-0.39, 0.29) is 7.34 Å². The Morgan fingerprint density at radius 2 is 1.91 bits per heavy atom. The lowest BCUT2D eigenvalue weighted by atomic mass is 10.1. The molecule has 0 atom stereocenters. The smallest absolute Gasteiger partial charge is 0.149 e. The number of hydrogen-bond donors (Lipinski definition) is 1. The van der Waals surface area contributed by atoms with Crippen LogP contribution in [0.4, 0.5) is 0 Å². The van der Waals surface area contributed by atoms with Gasteiger partial charge in [0.25, 0.3) is 0 Å². The maximum atomic E-state index is 11.1. The quantitative estimate of drug-likeness (QED) is 0.661. The van der Waals surface area contributed by atoms with E-state index in [2.05, 4.69) is 19.2 Å². The first-order chi connectivity index (χ1) is 5.04. The van der Waals surface area contributed by atoms with Crippen LogP contribution >= 0.6 is 0 Å². The topological polar surface area (TPSA) is 29.1 Å². The van der Waals surface area contributed by atoms with Gasteiger partial charge in [-0.2, -0.15) is 0 Å². The Morgan fingerprint density at radius 3 is 2.27 bits per heavy atom. The van der Waals surface area contributed by atoms with Crippen LogP contribution in [-0.2, 0) is 4.79 Å². The van der Waals surface area contributed by atoms with Crippen LogP contribution in [0.15, 0.2) is 0 Å². The maximum Gasteiger partial charge on any atom is 0.149 e. The van der Waals surface area contributed by atoms with Crippen LogP contribution in [0, 0.1) is 11.8 Å². The Hall–Kier alpha value is -0.370. The maximum absolute atomic E-state index is 11.1. The third kappa shape index (κ3) is 6.05. The van der Waals surface area contributed by atoms with Gasteiger partial charge >= 0.3 is 0 Å². The molecule has 0 aliphatic rings. The molecule has 0 saturated heterocycles. The Morgan fingerprint density at radius 1 is 1.36 bits per heavy atom. The molecule has 0 rings (SSSR count). The fourth-order valence-corrected chi connectivity index (χ4v) is 0.688. The van der Waals surface area contributed by atoms with Crippen LogP contribution in [0.25, 0.3) is 0 Å². The standard InChI is InChI=1S/C9H19NO.H2/c1-7(2)5-10-6-9(11)8(3)4;/h7-8,10H,5-6H2,1-4H3;1H. The SMILES string of the molecule is CC(C)CNCC(=O)C(C)C.[HH]. The summed E-state index contributed by atoms with van der Waals surface area (Å²) in [5, 5.41) is 3.12. The van der Waals surface area contributed by atoms with E-state index in [9.17, 15) is 4.79 Å². The summed E-state index contributed by atoms with van der Waals surface area (Å²) in [6.07, 6.45) is 0. The number of carbonyl (C=O) groups excluding carboxylic acids is 1. The zero-order valence-electron chi connectivity index (χ0n) is 7.98. The van der Waals surface area contributed by atoms with Crippen molar-refractivity contribution in [3.63, 3.8) is 0 Å². The predicted octanol–water partition coefficient (Wildman–Crippen LogP) is 1.70. The van der Waals surface area contributed by atoms with Crippen LogP contribution < -0.4 is 5.32 Å². The second kappa shape index (κ2) is 5.30. The van der Waals surface area contributed by atoms with Crippen molar-refractivity contribution in [1.29, 1.82) is 0 Å². The van der Waals surface area contributed by atoms with Crippen LogP contribution in [0.5, 0.6) is 0 Å². The highest BCUT2D eigenvalue weighted by Gasteiger charge is 2.05. The molecule has 0 spiro atoms. The van der Waals surface area contributed by atoms with E-state index >= 15 is 0 Å². The van der Waals surface area contributed by atoms with Crippen molar-refractivity contribution < 1.29 is 6.22 Å². The summed E-state index contributed by atoms with van der Waals surface area (Å²) in [6.45, 7) is 9.58. The average Bonchev–Trinajstić information content (AvgIpc) is 1.86. The number of rotatable bonds is 5. The molecule has 0 heterocycles. The Balaban J connectivity index is 0. The lowest BCUT2D eigenvalue weighted by molar-refractivity contribution is -0.121. The van der Waals surface area contributed by atoms with Gasteiger partial charge in [-0.1, -0.05) is 27.7 Å². The Kier molecular flexibility index (Phi) is 5.12. The number of hydrogen-bond acceptors (Lipinski definition) is 2. The first-order valence-corrected chi connectivity index (χ1v) is 4.27. The predicted molar refractivity (Wildman–Crippen MR) is 49.7 cm³/mol. The van der Waals surface area contributed by atoms with Gasteiger partial charge in [-0.15, -0.1) is 0 Å². The number of Topliss-reactive ketones (excluding diaryl/α,β-unsaturated/α-hetero) is 1. The van der Waals surface area contributed by atoms with Gasteiger partial charge in [0.05, 0.1) is 6.54 Å². The minimum atomic E-state index is 0. The Labute approximate surface area is 70.9 Å². The molecule has 0 aromatic carbocycles. The molecule has 0 saturated carbocycles. The van der Waals surface area contributed by atoms with Gasteiger partial charge in [-0.3, -0.25) is 4.79 Å². The Bertz CT molecular complexity index is 124. The van der Waals surface area contributed by atoms with Gasteiger partial charge in [0.1, 0.15) is 5.78 Å². The summed E-state index contributed by atoms with van der Waals surface area (Å²) >= 11 is 0. The summed E-state index contributed by atoms with van der Waals surface area (Å²) in [6, 6.07) is 0. The van der Waals surface area contributed by atoms with Crippen molar-refractivity contribution in [2.75, 3.05) is 13.1 Å². The fourth-order valence-electron chi connectivity index (χ4n) is 0.688. The molecule has 0 aromatic rings. The molecule has 11 heavy (non-hydrogen) atoms. The zero-order chi connectivity index (χ0) is 8.85. The molecule has 0 aromatic heterocycles. The van der Waals surface area contributed by atoms with E-state index in [0.717, 1.165) is 6.54 Å². The molecular weight excluding hydrogens is 138 g/mol. The molecule has 2 nitrogen and oxygen atoms in total. The van der Waals surface area contributed by atoms with Gasteiger partial charge in [0, 0.05) is 7.34 Å². The van der Waals surface area contributed by atoms with E-state index < -0.39 is 0 Å². The summed E-state index contributed by atoms with van der Waals surface area (Å²) in [5.41, 5.74) is 0. The summed E-state index contributed by atoms with van der Waals surface area (Å²) in [5.74, 6) is 1.08. The average molecular weight is 159 g/mol. The molecule has 0 radical (unpaired) electrons. The van der Waals surface area contributed by atoms with Crippen molar-refractivity contribution >= 4 is 5.78 Å².